The Labute approximate surface area is 197 Å². The van der Waals surface area contributed by atoms with Crippen molar-refractivity contribution in [2.24, 2.45) is 0 Å². The normalized spacial score (nSPS) is 10.8. The van der Waals surface area contributed by atoms with Crippen molar-refractivity contribution in [2.45, 2.75) is 25.8 Å². The fraction of sp³-hybridized carbons (Fsp3) is 0.148. The SMILES string of the molecule is C#CCCn1nc(Cc2ccccc2)nc1Cc1ccc(-c2ccccc2-c2nnn[nH]2)cc1. The molecule has 0 atom stereocenters. The Morgan fingerprint density at radius 2 is 1.56 bits per heavy atom. The van der Waals surface area contributed by atoms with Crippen LogP contribution in [-0.2, 0) is 19.4 Å². The highest BCUT2D eigenvalue weighted by Gasteiger charge is 2.13. The molecule has 5 aromatic rings. The van der Waals surface area contributed by atoms with Crippen LogP contribution in [0.25, 0.3) is 22.5 Å². The van der Waals surface area contributed by atoms with E-state index in [2.05, 4.69) is 69.0 Å². The van der Waals surface area contributed by atoms with Gasteiger partial charge in [-0.15, -0.1) is 17.4 Å². The highest BCUT2D eigenvalue weighted by atomic mass is 15.5. The zero-order valence-electron chi connectivity index (χ0n) is 18.6. The van der Waals surface area contributed by atoms with Gasteiger partial charge in [0.05, 0.1) is 6.54 Å². The van der Waals surface area contributed by atoms with Gasteiger partial charge in [0.1, 0.15) is 5.82 Å². The lowest BCUT2D eigenvalue weighted by atomic mass is 9.98. The lowest BCUT2D eigenvalue weighted by Gasteiger charge is -2.09. The summed E-state index contributed by atoms with van der Waals surface area (Å²) >= 11 is 0. The van der Waals surface area contributed by atoms with Crippen LogP contribution in [0.4, 0.5) is 0 Å². The van der Waals surface area contributed by atoms with Gasteiger partial charge in [-0.2, -0.15) is 5.10 Å². The molecule has 3 aromatic carbocycles. The fourth-order valence-electron chi connectivity index (χ4n) is 3.96. The van der Waals surface area contributed by atoms with Crippen LogP contribution in [0.2, 0.25) is 0 Å². The van der Waals surface area contributed by atoms with E-state index in [-0.39, 0.29) is 0 Å². The highest BCUT2D eigenvalue weighted by molar-refractivity contribution is 5.80. The van der Waals surface area contributed by atoms with Crippen LogP contribution in [0.1, 0.15) is 29.2 Å². The minimum atomic E-state index is 0.618. The van der Waals surface area contributed by atoms with Gasteiger partial charge in [0.2, 0.25) is 0 Å². The quantitative estimate of drug-likeness (QED) is 0.359. The summed E-state index contributed by atoms with van der Waals surface area (Å²) < 4.78 is 1.94. The summed E-state index contributed by atoms with van der Waals surface area (Å²) in [6.45, 7) is 0.657. The van der Waals surface area contributed by atoms with E-state index >= 15 is 0 Å². The van der Waals surface area contributed by atoms with Gasteiger partial charge in [-0.3, -0.25) is 0 Å². The number of aromatic amines is 1. The Morgan fingerprint density at radius 3 is 2.29 bits per heavy atom. The van der Waals surface area contributed by atoms with E-state index in [0.29, 0.717) is 31.6 Å². The van der Waals surface area contributed by atoms with Crippen LogP contribution in [-0.4, -0.2) is 35.4 Å². The first-order chi connectivity index (χ1) is 16.8. The third kappa shape index (κ3) is 4.76. The van der Waals surface area contributed by atoms with E-state index in [9.17, 15) is 0 Å². The molecule has 0 saturated carbocycles. The predicted molar refractivity (Wildman–Crippen MR) is 131 cm³/mol. The summed E-state index contributed by atoms with van der Waals surface area (Å²) in [4.78, 5) is 4.84. The van der Waals surface area contributed by atoms with Crippen LogP contribution in [0.15, 0.2) is 78.9 Å². The summed E-state index contributed by atoms with van der Waals surface area (Å²) in [6.07, 6.45) is 7.50. The van der Waals surface area contributed by atoms with Crippen molar-refractivity contribution in [3.8, 4) is 34.9 Å². The van der Waals surface area contributed by atoms with Gasteiger partial charge in [0, 0.05) is 24.8 Å². The molecule has 0 bridgehead atoms. The molecule has 1 N–H and O–H groups in total. The lowest BCUT2D eigenvalue weighted by molar-refractivity contribution is 0.594. The van der Waals surface area contributed by atoms with Gasteiger partial charge in [0.15, 0.2) is 11.6 Å². The summed E-state index contributed by atoms with van der Waals surface area (Å²) in [5.74, 6) is 5.08. The zero-order chi connectivity index (χ0) is 23.2. The van der Waals surface area contributed by atoms with E-state index in [0.717, 1.165) is 33.9 Å². The van der Waals surface area contributed by atoms with Crippen molar-refractivity contribution in [3.63, 3.8) is 0 Å². The molecule has 0 fully saturated rings. The van der Waals surface area contributed by atoms with E-state index in [1.54, 1.807) is 0 Å². The van der Waals surface area contributed by atoms with Crippen molar-refractivity contribution in [1.29, 1.82) is 0 Å². The van der Waals surface area contributed by atoms with Gasteiger partial charge in [0.25, 0.3) is 0 Å². The summed E-state index contributed by atoms with van der Waals surface area (Å²) in [6, 6.07) is 26.8. The second-order valence-corrected chi connectivity index (χ2v) is 7.95. The Bertz CT molecular complexity index is 1400. The molecule has 0 spiro atoms. The van der Waals surface area contributed by atoms with Gasteiger partial charge in [-0.1, -0.05) is 78.9 Å². The second kappa shape index (κ2) is 9.92. The van der Waals surface area contributed by atoms with Crippen molar-refractivity contribution in [1.82, 2.24) is 35.4 Å². The van der Waals surface area contributed by atoms with Crippen molar-refractivity contribution in [2.75, 3.05) is 0 Å². The number of benzene rings is 3. The molecule has 0 aliphatic carbocycles. The first-order valence-corrected chi connectivity index (χ1v) is 11.1. The zero-order valence-corrected chi connectivity index (χ0v) is 18.6. The molecule has 0 aliphatic heterocycles. The molecule has 7 heteroatoms. The van der Waals surface area contributed by atoms with E-state index < -0.39 is 0 Å². The third-order valence-electron chi connectivity index (χ3n) is 5.62. The van der Waals surface area contributed by atoms with Gasteiger partial charge < -0.3 is 0 Å². The average molecular weight is 446 g/mol. The topological polar surface area (TPSA) is 85.2 Å². The maximum absolute atomic E-state index is 5.50. The standard InChI is InChI=1S/C27H23N7/c1-2-3-17-34-26(28-25(31-34)18-20-9-5-4-6-10-20)19-21-13-15-22(16-14-21)23-11-7-8-12-24(23)27-29-32-33-30-27/h1,4-16H,3,17-19H2,(H,29,30,32,33). The first kappa shape index (κ1) is 21.3. The Hall–Kier alpha value is -4.57. The summed E-state index contributed by atoms with van der Waals surface area (Å²) in [5.41, 5.74) is 5.46. The maximum Gasteiger partial charge on any atom is 0.180 e. The molecule has 0 unspecified atom stereocenters. The van der Waals surface area contributed by atoms with Crippen LogP contribution < -0.4 is 0 Å². The molecule has 5 rings (SSSR count). The number of aromatic nitrogens is 7. The molecule has 166 valence electrons. The molecular formula is C27H23N7. The molecule has 2 heterocycles. The molecule has 7 nitrogen and oxygen atoms in total. The average Bonchev–Trinajstić information content (AvgIpc) is 3.54. The monoisotopic (exact) mass is 445 g/mol. The Balaban J connectivity index is 1.38. The highest BCUT2D eigenvalue weighted by Crippen LogP contribution is 2.30. The third-order valence-corrected chi connectivity index (χ3v) is 5.62. The number of nitrogens with zero attached hydrogens (tertiary/aromatic N) is 6. The molecule has 0 aliphatic rings. The Morgan fingerprint density at radius 1 is 0.824 bits per heavy atom. The lowest BCUT2D eigenvalue weighted by Crippen LogP contribution is -2.06. The molecule has 2 aromatic heterocycles. The molecule has 0 amide bonds. The number of rotatable bonds is 8. The number of aryl methyl sites for hydroxylation is 1. The molecular weight excluding hydrogens is 422 g/mol. The number of hydrogen-bond donors (Lipinski definition) is 1. The molecule has 34 heavy (non-hydrogen) atoms. The second-order valence-electron chi connectivity index (χ2n) is 7.95. The van der Waals surface area contributed by atoms with Crippen molar-refractivity contribution < 1.29 is 0 Å². The smallest absolute Gasteiger partial charge is 0.180 e. The maximum atomic E-state index is 5.50. The number of nitrogens with one attached hydrogen (secondary N) is 1. The number of hydrogen-bond acceptors (Lipinski definition) is 5. The van der Waals surface area contributed by atoms with E-state index in [1.807, 2.05) is 41.1 Å². The van der Waals surface area contributed by atoms with Crippen molar-refractivity contribution >= 4 is 0 Å². The predicted octanol–water partition coefficient (Wildman–Crippen LogP) is 4.33. The van der Waals surface area contributed by atoms with Gasteiger partial charge in [-0.25, -0.2) is 14.8 Å². The Kier molecular flexibility index (Phi) is 6.21. The number of H-pyrrole nitrogens is 1. The minimum Gasteiger partial charge on any atom is -0.248 e. The first-order valence-electron chi connectivity index (χ1n) is 11.1. The minimum absolute atomic E-state index is 0.618. The van der Waals surface area contributed by atoms with E-state index in [1.165, 1.54) is 5.56 Å². The summed E-state index contributed by atoms with van der Waals surface area (Å²) in [7, 11) is 0. The largest absolute Gasteiger partial charge is 0.248 e. The summed E-state index contributed by atoms with van der Waals surface area (Å²) in [5, 5.41) is 19.0. The van der Waals surface area contributed by atoms with Crippen LogP contribution >= 0.6 is 0 Å². The molecule has 0 saturated heterocycles. The van der Waals surface area contributed by atoms with Crippen LogP contribution in [0.5, 0.6) is 0 Å². The number of terminal acetylenes is 1. The number of tetrazole rings is 1. The van der Waals surface area contributed by atoms with E-state index in [4.69, 9.17) is 16.5 Å². The van der Waals surface area contributed by atoms with Crippen LogP contribution in [0.3, 0.4) is 0 Å². The van der Waals surface area contributed by atoms with Gasteiger partial charge in [-0.05, 0) is 32.7 Å². The van der Waals surface area contributed by atoms with Crippen LogP contribution in [0, 0.1) is 12.3 Å². The fourth-order valence-corrected chi connectivity index (χ4v) is 3.96. The van der Waals surface area contributed by atoms with Crippen molar-refractivity contribution in [3.05, 3.63) is 102 Å². The molecule has 0 radical (unpaired) electrons. The van der Waals surface area contributed by atoms with Gasteiger partial charge >= 0.3 is 0 Å².